The van der Waals surface area contributed by atoms with Gasteiger partial charge in [0.05, 0.1) is 22.3 Å². The van der Waals surface area contributed by atoms with Gasteiger partial charge >= 0.3 is 0 Å². The van der Waals surface area contributed by atoms with E-state index < -0.39 is 5.91 Å². The summed E-state index contributed by atoms with van der Waals surface area (Å²) in [6, 6.07) is 14.2. The maximum absolute atomic E-state index is 11.9. The maximum Gasteiger partial charge on any atom is 0.277 e. The van der Waals surface area contributed by atoms with E-state index in [4.69, 9.17) is 44.0 Å². The molecule has 1 amide bonds. The molecule has 0 fully saturated rings. The number of aromatic amines is 1. The first-order valence-corrected chi connectivity index (χ1v) is 10.7. The van der Waals surface area contributed by atoms with Crippen molar-refractivity contribution in [2.45, 2.75) is 10.2 Å². The number of nitrogens with zero attached hydrogens (tertiary/aromatic N) is 2. The monoisotopic (exact) mass is 494 g/mol. The number of H-pyrrole nitrogens is 1. The summed E-state index contributed by atoms with van der Waals surface area (Å²) in [5.74, 6) is 0.174. The van der Waals surface area contributed by atoms with Gasteiger partial charge in [-0.15, -0.1) is 0 Å². The van der Waals surface area contributed by atoms with Crippen LogP contribution in [0.25, 0.3) is 11.0 Å². The molecule has 2 N–H and O–H groups in total. The minimum absolute atomic E-state index is 0.174. The smallest absolute Gasteiger partial charge is 0.277 e. The van der Waals surface area contributed by atoms with Crippen molar-refractivity contribution in [1.29, 1.82) is 0 Å². The number of amides is 1. The number of benzene rings is 2. The van der Waals surface area contributed by atoms with Crippen LogP contribution in [-0.2, 0) is 4.79 Å². The Bertz CT molecular complexity index is 1240. The summed E-state index contributed by atoms with van der Waals surface area (Å²) in [5, 5.41) is 5.94. The lowest BCUT2D eigenvalue weighted by molar-refractivity contribution is -0.123. The highest BCUT2D eigenvalue weighted by Crippen LogP contribution is 2.35. The fourth-order valence-corrected chi connectivity index (χ4v) is 3.92. The predicted molar refractivity (Wildman–Crippen MR) is 122 cm³/mol. The quantitative estimate of drug-likeness (QED) is 0.192. The molecule has 0 saturated heterocycles. The number of hydrogen-bond acceptors (Lipinski definition) is 6. The van der Waals surface area contributed by atoms with E-state index in [0.717, 1.165) is 11.0 Å². The van der Waals surface area contributed by atoms with Gasteiger partial charge < -0.3 is 14.1 Å². The van der Waals surface area contributed by atoms with Crippen molar-refractivity contribution in [3.63, 3.8) is 0 Å². The highest BCUT2D eigenvalue weighted by molar-refractivity contribution is 7.99. The van der Waals surface area contributed by atoms with Crippen LogP contribution in [-0.4, -0.2) is 28.7 Å². The highest BCUT2D eigenvalue weighted by atomic mass is 35.5. The number of halogens is 3. The van der Waals surface area contributed by atoms with Gasteiger partial charge in [0, 0.05) is 11.1 Å². The Hall–Kier alpha value is -2.65. The van der Waals surface area contributed by atoms with Crippen molar-refractivity contribution in [2.24, 2.45) is 5.10 Å². The molecule has 31 heavy (non-hydrogen) atoms. The molecule has 0 aliphatic rings. The van der Waals surface area contributed by atoms with Gasteiger partial charge in [0.1, 0.15) is 16.5 Å². The molecular weight excluding hydrogens is 483 g/mol. The molecule has 2 heterocycles. The number of carbonyl (C=O) groups is 1. The number of hydrazone groups is 1. The molecule has 0 atom stereocenters. The molecule has 4 aromatic rings. The molecule has 0 saturated carbocycles. The zero-order valence-electron chi connectivity index (χ0n) is 15.6. The topological polar surface area (TPSA) is 92.5 Å². The maximum atomic E-state index is 11.9. The van der Waals surface area contributed by atoms with Crippen LogP contribution in [0, 0.1) is 0 Å². The number of rotatable bonds is 7. The third-order valence-electron chi connectivity index (χ3n) is 3.87. The van der Waals surface area contributed by atoms with Crippen molar-refractivity contribution in [1.82, 2.24) is 15.4 Å². The Kier molecular flexibility index (Phi) is 6.72. The van der Waals surface area contributed by atoms with E-state index in [2.05, 4.69) is 20.5 Å². The molecule has 2 aromatic carbocycles. The first kappa shape index (κ1) is 21.6. The molecule has 158 valence electrons. The first-order valence-electron chi connectivity index (χ1n) is 8.79. The zero-order chi connectivity index (χ0) is 21.8. The van der Waals surface area contributed by atoms with E-state index in [-0.39, 0.29) is 22.4 Å². The van der Waals surface area contributed by atoms with Crippen molar-refractivity contribution in [3.05, 3.63) is 69.4 Å². The molecule has 0 aliphatic carbocycles. The Morgan fingerprint density at radius 3 is 2.90 bits per heavy atom. The molecule has 0 spiro atoms. The molecular formula is C20H13Cl3N4O3S. The molecule has 7 nitrogen and oxygen atoms in total. The van der Waals surface area contributed by atoms with E-state index >= 15 is 0 Å². The summed E-state index contributed by atoms with van der Waals surface area (Å²) >= 11 is 19.2. The number of nitrogens with one attached hydrogen (secondary N) is 2. The average molecular weight is 496 g/mol. The summed E-state index contributed by atoms with van der Waals surface area (Å²) in [4.78, 5) is 19.6. The van der Waals surface area contributed by atoms with Crippen molar-refractivity contribution in [3.8, 4) is 5.75 Å². The summed E-state index contributed by atoms with van der Waals surface area (Å²) in [7, 11) is 0. The Labute approximate surface area is 195 Å². The first-order chi connectivity index (χ1) is 15.0. The average Bonchev–Trinajstić information content (AvgIpc) is 3.36. The number of carbonyl (C=O) groups excluding carboxylic acids is 1. The Morgan fingerprint density at radius 2 is 2.06 bits per heavy atom. The van der Waals surface area contributed by atoms with E-state index in [1.165, 1.54) is 30.1 Å². The summed E-state index contributed by atoms with van der Waals surface area (Å²) < 4.78 is 11.0. The van der Waals surface area contributed by atoms with Crippen LogP contribution in [0.3, 0.4) is 0 Å². The summed E-state index contributed by atoms with van der Waals surface area (Å²) in [5.41, 5.74) is 4.17. The van der Waals surface area contributed by atoms with Crippen molar-refractivity contribution < 1.29 is 13.9 Å². The van der Waals surface area contributed by atoms with Gasteiger partial charge in [-0.25, -0.2) is 10.4 Å². The third kappa shape index (κ3) is 5.54. The number of aromatic nitrogens is 2. The lowest BCUT2D eigenvalue weighted by Gasteiger charge is -2.08. The molecule has 0 unspecified atom stereocenters. The standard InChI is InChI=1S/C20H13Cl3N4O3S/c21-11-7-13(22)19(23)16(8-11)29-10-17(28)27-24-9-12-5-6-18(30-12)31-20-25-14-3-1-2-4-15(14)26-20/h1-9H,10H2,(H,25,26)(H,27,28)/b24-9+. The van der Waals surface area contributed by atoms with E-state index in [9.17, 15) is 4.79 Å². The minimum atomic E-state index is -0.494. The number of furan rings is 1. The number of para-hydroxylation sites is 2. The zero-order valence-corrected chi connectivity index (χ0v) is 18.6. The number of imidazole rings is 1. The van der Waals surface area contributed by atoms with E-state index in [1.54, 1.807) is 12.1 Å². The van der Waals surface area contributed by atoms with Gasteiger partial charge in [0.15, 0.2) is 16.9 Å². The fourth-order valence-electron chi connectivity index (χ4n) is 2.51. The molecule has 0 radical (unpaired) electrons. The van der Waals surface area contributed by atoms with Gasteiger partial charge in [-0.05, 0) is 42.1 Å². The van der Waals surface area contributed by atoms with E-state index in [1.807, 2.05) is 24.3 Å². The number of hydrogen-bond donors (Lipinski definition) is 2. The minimum Gasteiger partial charge on any atom is -0.482 e. The lowest BCUT2D eigenvalue weighted by Crippen LogP contribution is -2.24. The fraction of sp³-hybridized carbons (Fsp3) is 0.0500. The van der Waals surface area contributed by atoms with Gasteiger partial charge in [-0.3, -0.25) is 4.79 Å². The number of fused-ring (bicyclic) bond motifs is 1. The van der Waals surface area contributed by atoms with Gasteiger partial charge in [-0.2, -0.15) is 5.10 Å². The van der Waals surface area contributed by atoms with Crippen LogP contribution in [0.1, 0.15) is 5.76 Å². The van der Waals surface area contributed by atoms with Crippen LogP contribution in [0.2, 0.25) is 15.1 Å². The van der Waals surface area contributed by atoms with Crippen LogP contribution < -0.4 is 10.2 Å². The molecule has 2 aromatic heterocycles. The lowest BCUT2D eigenvalue weighted by atomic mass is 10.3. The summed E-state index contributed by atoms with van der Waals surface area (Å²) in [6.45, 7) is -0.320. The second-order valence-corrected chi connectivity index (χ2v) is 8.31. The second-order valence-electron chi connectivity index (χ2n) is 6.10. The Morgan fingerprint density at radius 1 is 1.23 bits per heavy atom. The predicted octanol–water partition coefficient (Wildman–Crippen LogP) is 5.80. The van der Waals surface area contributed by atoms with Crippen molar-refractivity contribution in [2.75, 3.05) is 6.61 Å². The SMILES string of the molecule is O=C(COc1cc(Cl)cc(Cl)c1Cl)N/N=C/c1ccc(Sc2nc3ccccc3[nH]2)o1. The molecule has 11 heteroatoms. The van der Waals surface area contributed by atoms with Gasteiger partial charge in [-0.1, -0.05) is 46.9 Å². The molecule has 0 bridgehead atoms. The largest absolute Gasteiger partial charge is 0.482 e. The molecule has 0 aliphatic heterocycles. The second kappa shape index (κ2) is 9.65. The summed E-state index contributed by atoms with van der Waals surface area (Å²) in [6.07, 6.45) is 1.38. The normalized spacial score (nSPS) is 11.3. The van der Waals surface area contributed by atoms with Crippen LogP contribution in [0.5, 0.6) is 5.75 Å². The van der Waals surface area contributed by atoms with Crippen LogP contribution in [0.15, 0.2) is 68.3 Å². The van der Waals surface area contributed by atoms with E-state index in [0.29, 0.717) is 21.0 Å². The van der Waals surface area contributed by atoms with Crippen LogP contribution >= 0.6 is 46.6 Å². The molecule has 4 rings (SSSR count). The van der Waals surface area contributed by atoms with Gasteiger partial charge in [0.2, 0.25) is 0 Å². The third-order valence-corrected chi connectivity index (χ3v) is 5.68. The number of ether oxygens (including phenoxy) is 1. The van der Waals surface area contributed by atoms with Crippen molar-refractivity contribution >= 4 is 69.7 Å². The van der Waals surface area contributed by atoms with Gasteiger partial charge in [0.25, 0.3) is 5.91 Å². The highest BCUT2D eigenvalue weighted by Gasteiger charge is 2.11. The van der Waals surface area contributed by atoms with Crippen LogP contribution in [0.4, 0.5) is 0 Å². The Balaban J connectivity index is 1.29.